The number of carbonyl (C=O) groups excluding carboxylic acids is 1. The van der Waals surface area contributed by atoms with Gasteiger partial charge in [0.2, 0.25) is 5.91 Å². The topological polar surface area (TPSA) is 64.1 Å². The molecule has 3 heterocycles. The molecule has 1 atom stereocenters. The van der Waals surface area contributed by atoms with Crippen molar-refractivity contribution >= 4 is 39.2 Å². The van der Waals surface area contributed by atoms with E-state index in [0.717, 1.165) is 41.1 Å². The second-order valence-electron chi connectivity index (χ2n) is 5.19. The molecule has 7 heteroatoms. The normalized spacial score (nSPS) is 18.0. The van der Waals surface area contributed by atoms with Crippen LogP contribution >= 0.6 is 23.1 Å². The summed E-state index contributed by atoms with van der Waals surface area (Å²) in [5, 5.41) is 4.87. The molecule has 22 heavy (non-hydrogen) atoms. The molecule has 2 aromatic heterocycles. The molecule has 0 aromatic carbocycles. The van der Waals surface area contributed by atoms with Gasteiger partial charge in [-0.05, 0) is 25.3 Å². The van der Waals surface area contributed by atoms with Crippen LogP contribution in [0.4, 0.5) is 0 Å². The van der Waals surface area contributed by atoms with Gasteiger partial charge in [0.15, 0.2) is 0 Å². The molecule has 0 saturated carbocycles. The summed E-state index contributed by atoms with van der Waals surface area (Å²) in [6.45, 7) is 3.55. The fourth-order valence-electron chi connectivity index (χ4n) is 2.39. The van der Waals surface area contributed by atoms with Crippen LogP contribution in [-0.2, 0) is 16.0 Å². The van der Waals surface area contributed by atoms with Crippen LogP contribution in [0, 0.1) is 0 Å². The van der Waals surface area contributed by atoms with Crippen LogP contribution in [0.25, 0.3) is 10.2 Å². The first-order valence-corrected chi connectivity index (χ1v) is 9.31. The highest BCUT2D eigenvalue weighted by Gasteiger charge is 2.16. The zero-order chi connectivity index (χ0) is 15.4. The van der Waals surface area contributed by atoms with Crippen LogP contribution in [0.1, 0.15) is 24.6 Å². The van der Waals surface area contributed by atoms with E-state index in [-0.39, 0.29) is 12.0 Å². The quantitative estimate of drug-likeness (QED) is 0.648. The molecule has 0 spiro atoms. The molecule has 1 amide bonds. The monoisotopic (exact) mass is 337 g/mol. The van der Waals surface area contributed by atoms with E-state index >= 15 is 0 Å². The van der Waals surface area contributed by atoms with E-state index in [4.69, 9.17) is 4.74 Å². The Balaban J connectivity index is 1.56. The molecule has 1 aliphatic heterocycles. The van der Waals surface area contributed by atoms with E-state index in [1.165, 1.54) is 16.6 Å². The first kappa shape index (κ1) is 15.7. The summed E-state index contributed by atoms with van der Waals surface area (Å²) in [5.74, 6) is 0.397. The van der Waals surface area contributed by atoms with E-state index in [1.807, 2.05) is 0 Å². The summed E-state index contributed by atoms with van der Waals surface area (Å²) in [7, 11) is 0. The highest BCUT2D eigenvalue weighted by atomic mass is 32.2. The lowest BCUT2D eigenvalue weighted by Gasteiger charge is -2.10. The molecular weight excluding hydrogens is 318 g/mol. The van der Waals surface area contributed by atoms with E-state index in [0.29, 0.717) is 12.3 Å². The predicted molar refractivity (Wildman–Crippen MR) is 89.5 cm³/mol. The number of thiophene rings is 1. The number of hydrogen-bond acceptors (Lipinski definition) is 6. The Bertz CT molecular complexity index is 653. The maximum atomic E-state index is 11.9. The third kappa shape index (κ3) is 3.77. The van der Waals surface area contributed by atoms with Crippen molar-refractivity contribution in [2.75, 3.05) is 18.9 Å². The zero-order valence-corrected chi connectivity index (χ0v) is 14.1. The standard InChI is InChI=1S/C15H19N3O2S2/c1-2-11-6-12-14(17-9-18-15(12)22-11)21-8-13(19)16-7-10-4-3-5-20-10/h6,9-10H,2-5,7-8H2,1H3,(H,16,19). The first-order valence-electron chi connectivity index (χ1n) is 7.50. The van der Waals surface area contributed by atoms with Crippen LogP contribution in [-0.4, -0.2) is 40.9 Å². The second-order valence-corrected chi connectivity index (χ2v) is 7.27. The van der Waals surface area contributed by atoms with Crippen molar-refractivity contribution in [1.82, 2.24) is 15.3 Å². The maximum absolute atomic E-state index is 11.9. The van der Waals surface area contributed by atoms with Crippen molar-refractivity contribution in [3.63, 3.8) is 0 Å². The maximum Gasteiger partial charge on any atom is 0.230 e. The number of fused-ring (bicyclic) bond motifs is 1. The Labute approximate surface area is 137 Å². The molecule has 3 rings (SSSR count). The van der Waals surface area contributed by atoms with Gasteiger partial charge in [0.25, 0.3) is 0 Å². The molecule has 1 aliphatic rings. The van der Waals surface area contributed by atoms with Gasteiger partial charge >= 0.3 is 0 Å². The number of nitrogens with one attached hydrogen (secondary N) is 1. The van der Waals surface area contributed by atoms with Crippen LogP contribution in [0.3, 0.4) is 0 Å². The molecule has 5 nitrogen and oxygen atoms in total. The summed E-state index contributed by atoms with van der Waals surface area (Å²) in [6, 6.07) is 2.13. The Hall–Kier alpha value is -1.18. The fourth-order valence-corrected chi connectivity index (χ4v) is 4.19. The van der Waals surface area contributed by atoms with Gasteiger partial charge in [-0.2, -0.15) is 0 Å². The zero-order valence-electron chi connectivity index (χ0n) is 12.5. The van der Waals surface area contributed by atoms with E-state index < -0.39 is 0 Å². The van der Waals surface area contributed by atoms with Crippen molar-refractivity contribution in [2.45, 2.75) is 37.3 Å². The number of aryl methyl sites for hydroxylation is 1. The highest BCUT2D eigenvalue weighted by molar-refractivity contribution is 8.00. The average molecular weight is 337 g/mol. The summed E-state index contributed by atoms with van der Waals surface area (Å²) < 4.78 is 5.50. The SMILES string of the molecule is CCc1cc2c(SCC(=O)NCC3CCCO3)ncnc2s1. The van der Waals surface area contributed by atoms with Gasteiger partial charge < -0.3 is 10.1 Å². The van der Waals surface area contributed by atoms with Crippen LogP contribution < -0.4 is 5.32 Å². The lowest BCUT2D eigenvalue weighted by atomic mass is 10.2. The summed E-state index contributed by atoms with van der Waals surface area (Å²) in [4.78, 5) is 22.8. The predicted octanol–water partition coefficient (Wildman–Crippen LogP) is 2.64. The number of thioether (sulfide) groups is 1. The summed E-state index contributed by atoms with van der Waals surface area (Å²) in [6.07, 6.45) is 4.88. The Morgan fingerprint density at radius 3 is 3.23 bits per heavy atom. The molecule has 0 radical (unpaired) electrons. The molecular formula is C15H19N3O2S2. The minimum Gasteiger partial charge on any atom is -0.376 e. The Morgan fingerprint density at radius 2 is 2.45 bits per heavy atom. The van der Waals surface area contributed by atoms with Crippen molar-refractivity contribution in [2.24, 2.45) is 0 Å². The highest BCUT2D eigenvalue weighted by Crippen LogP contribution is 2.30. The Kier molecular flexibility index (Phi) is 5.28. The number of nitrogens with zero attached hydrogens (tertiary/aromatic N) is 2. The van der Waals surface area contributed by atoms with Crippen LogP contribution in [0.2, 0.25) is 0 Å². The molecule has 1 fully saturated rings. The average Bonchev–Trinajstić information content (AvgIpc) is 3.19. The van der Waals surface area contributed by atoms with Gasteiger partial charge in [0.1, 0.15) is 16.2 Å². The third-order valence-corrected chi connectivity index (χ3v) is 5.78. The van der Waals surface area contributed by atoms with Gasteiger partial charge in [0.05, 0.1) is 11.9 Å². The van der Waals surface area contributed by atoms with Crippen molar-refractivity contribution in [3.05, 3.63) is 17.3 Å². The molecule has 2 aromatic rings. The molecule has 1 saturated heterocycles. The first-order chi connectivity index (χ1) is 10.8. The van der Waals surface area contributed by atoms with Crippen molar-refractivity contribution in [1.29, 1.82) is 0 Å². The van der Waals surface area contributed by atoms with Gasteiger partial charge in [-0.3, -0.25) is 4.79 Å². The molecule has 118 valence electrons. The molecule has 1 N–H and O–H groups in total. The Morgan fingerprint density at radius 1 is 1.55 bits per heavy atom. The summed E-state index contributed by atoms with van der Waals surface area (Å²) >= 11 is 3.16. The third-order valence-electron chi connectivity index (χ3n) is 3.58. The van der Waals surface area contributed by atoms with Crippen molar-refractivity contribution < 1.29 is 9.53 Å². The number of hydrogen-bond donors (Lipinski definition) is 1. The number of ether oxygens (including phenoxy) is 1. The van der Waals surface area contributed by atoms with E-state index in [1.54, 1.807) is 17.7 Å². The molecule has 1 unspecified atom stereocenters. The lowest BCUT2D eigenvalue weighted by Crippen LogP contribution is -2.32. The van der Waals surface area contributed by atoms with Crippen LogP contribution in [0.15, 0.2) is 17.4 Å². The minimum atomic E-state index is 0.0261. The lowest BCUT2D eigenvalue weighted by molar-refractivity contribution is -0.119. The van der Waals surface area contributed by atoms with Gasteiger partial charge in [-0.25, -0.2) is 9.97 Å². The largest absolute Gasteiger partial charge is 0.376 e. The minimum absolute atomic E-state index is 0.0261. The number of amides is 1. The number of aromatic nitrogens is 2. The fraction of sp³-hybridized carbons (Fsp3) is 0.533. The van der Waals surface area contributed by atoms with E-state index in [9.17, 15) is 4.79 Å². The number of rotatable bonds is 6. The van der Waals surface area contributed by atoms with Gasteiger partial charge in [-0.15, -0.1) is 11.3 Å². The van der Waals surface area contributed by atoms with Crippen molar-refractivity contribution in [3.8, 4) is 0 Å². The van der Waals surface area contributed by atoms with Gasteiger partial charge in [0, 0.05) is 23.4 Å². The smallest absolute Gasteiger partial charge is 0.230 e. The van der Waals surface area contributed by atoms with Gasteiger partial charge in [-0.1, -0.05) is 18.7 Å². The molecule has 0 bridgehead atoms. The number of carbonyl (C=O) groups is 1. The molecule has 0 aliphatic carbocycles. The van der Waals surface area contributed by atoms with Crippen LogP contribution in [0.5, 0.6) is 0 Å². The second kappa shape index (κ2) is 7.39. The summed E-state index contributed by atoms with van der Waals surface area (Å²) in [5.41, 5.74) is 0. The van der Waals surface area contributed by atoms with E-state index in [2.05, 4.69) is 28.3 Å².